The van der Waals surface area contributed by atoms with Crippen molar-refractivity contribution < 1.29 is 19.4 Å². The lowest BCUT2D eigenvalue weighted by Crippen LogP contribution is -2.25. The second-order valence-electron chi connectivity index (χ2n) is 4.84. The van der Waals surface area contributed by atoms with Gasteiger partial charge in [-0.15, -0.1) is 11.3 Å². The lowest BCUT2D eigenvalue weighted by atomic mass is 10.1. The molecule has 2 N–H and O–H groups in total. The van der Waals surface area contributed by atoms with Gasteiger partial charge in [0.1, 0.15) is 10.7 Å². The third-order valence-corrected chi connectivity index (χ3v) is 4.12. The lowest BCUT2D eigenvalue weighted by Gasteiger charge is -2.04. The normalized spacial score (nSPS) is 10.5. The minimum atomic E-state index is -0.875. The molecule has 122 valence electrons. The van der Waals surface area contributed by atoms with Crippen molar-refractivity contribution in [3.63, 3.8) is 0 Å². The molecule has 23 heavy (non-hydrogen) atoms. The van der Waals surface area contributed by atoms with Gasteiger partial charge in [0.15, 0.2) is 0 Å². The largest absolute Gasteiger partial charge is 0.481 e. The summed E-state index contributed by atoms with van der Waals surface area (Å²) in [7, 11) is 1.58. The highest BCUT2D eigenvalue weighted by Gasteiger charge is 2.19. The van der Waals surface area contributed by atoms with E-state index in [1.54, 1.807) is 7.11 Å². The fourth-order valence-corrected chi connectivity index (χ4v) is 3.05. The molecule has 0 saturated heterocycles. The van der Waals surface area contributed by atoms with Gasteiger partial charge in [-0.2, -0.15) is 0 Å². The van der Waals surface area contributed by atoms with Crippen LogP contribution >= 0.6 is 11.3 Å². The highest BCUT2D eigenvalue weighted by Crippen LogP contribution is 2.30. The molecule has 0 unspecified atom stereocenters. The van der Waals surface area contributed by atoms with Crippen LogP contribution in [0, 0.1) is 0 Å². The minimum absolute atomic E-state index is 0.0256. The number of carbonyl (C=O) groups is 2. The summed E-state index contributed by atoms with van der Waals surface area (Å²) in [6.07, 6.45) is 0.411. The molecule has 2 aromatic rings. The molecule has 1 aromatic carbocycles. The summed E-state index contributed by atoms with van der Waals surface area (Å²) in [4.78, 5) is 28.0. The molecule has 0 aliphatic carbocycles. The summed E-state index contributed by atoms with van der Waals surface area (Å²) in [6, 6.07) is 9.56. The Morgan fingerprint density at radius 1 is 1.30 bits per heavy atom. The Balaban J connectivity index is 2.15. The average molecular weight is 334 g/mol. The molecule has 0 aliphatic rings. The number of methoxy groups -OCH3 is 1. The van der Waals surface area contributed by atoms with E-state index in [9.17, 15) is 9.59 Å². The molecule has 1 amide bonds. The summed E-state index contributed by atoms with van der Waals surface area (Å²) < 4.78 is 5.09. The summed E-state index contributed by atoms with van der Waals surface area (Å²) >= 11 is 1.42. The van der Waals surface area contributed by atoms with Crippen LogP contribution in [-0.2, 0) is 16.1 Å². The SMILES string of the molecule is COCc1nc(C(=O)NCCCC(=O)O)c(-c2ccccc2)s1. The summed E-state index contributed by atoms with van der Waals surface area (Å²) in [5.74, 6) is -1.17. The third kappa shape index (κ3) is 4.87. The van der Waals surface area contributed by atoms with E-state index >= 15 is 0 Å². The molecule has 0 bridgehead atoms. The predicted octanol–water partition coefficient (Wildman–Crippen LogP) is 2.55. The number of benzene rings is 1. The third-order valence-electron chi connectivity index (χ3n) is 3.04. The Bertz CT molecular complexity index is 670. The first-order valence-corrected chi connectivity index (χ1v) is 7.97. The number of carboxylic acids is 1. The molecule has 0 radical (unpaired) electrons. The molecule has 6 nitrogen and oxygen atoms in total. The van der Waals surface area contributed by atoms with Crippen molar-refractivity contribution in [3.8, 4) is 10.4 Å². The van der Waals surface area contributed by atoms with Crippen LogP contribution in [0.15, 0.2) is 30.3 Å². The number of hydrogen-bond donors (Lipinski definition) is 2. The Kier molecular flexibility index (Phi) is 6.25. The topological polar surface area (TPSA) is 88.5 Å². The molecule has 0 fully saturated rings. The second kappa shape index (κ2) is 8.40. The maximum Gasteiger partial charge on any atom is 0.303 e. The molecule has 7 heteroatoms. The van der Waals surface area contributed by atoms with E-state index in [-0.39, 0.29) is 12.3 Å². The van der Waals surface area contributed by atoms with Gasteiger partial charge in [-0.05, 0) is 12.0 Å². The van der Waals surface area contributed by atoms with Crippen LogP contribution in [0.3, 0.4) is 0 Å². The molecule has 0 aliphatic heterocycles. The highest BCUT2D eigenvalue weighted by atomic mass is 32.1. The van der Waals surface area contributed by atoms with E-state index in [4.69, 9.17) is 9.84 Å². The van der Waals surface area contributed by atoms with Gasteiger partial charge < -0.3 is 15.2 Å². The van der Waals surface area contributed by atoms with E-state index in [0.29, 0.717) is 25.3 Å². The van der Waals surface area contributed by atoms with Crippen LogP contribution in [0.2, 0.25) is 0 Å². The van der Waals surface area contributed by atoms with Crippen LogP contribution in [-0.4, -0.2) is 35.6 Å². The standard InChI is InChI=1S/C16H18N2O4S/c1-22-10-12-18-14(16(21)17-9-5-8-13(19)20)15(23-12)11-6-3-2-4-7-11/h2-4,6-7H,5,8-10H2,1H3,(H,17,21)(H,19,20). The number of ether oxygens (including phenoxy) is 1. The van der Waals surface area contributed by atoms with Gasteiger partial charge >= 0.3 is 5.97 Å². The van der Waals surface area contributed by atoms with E-state index in [1.807, 2.05) is 30.3 Å². The first kappa shape index (κ1) is 17.1. The van der Waals surface area contributed by atoms with Crippen molar-refractivity contribution in [2.45, 2.75) is 19.4 Å². The molecule has 1 heterocycles. The monoisotopic (exact) mass is 334 g/mol. The molecule has 0 spiro atoms. The Labute approximate surface area is 138 Å². The number of nitrogens with one attached hydrogen (secondary N) is 1. The van der Waals surface area contributed by atoms with Gasteiger partial charge in [-0.1, -0.05) is 30.3 Å². The summed E-state index contributed by atoms with van der Waals surface area (Å²) in [6.45, 7) is 0.646. The number of thiazole rings is 1. The first-order chi connectivity index (χ1) is 11.1. The predicted molar refractivity (Wildman–Crippen MR) is 87.5 cm³/mol. The van der Waals surface area contributed by atoms with E-state index in [0.717, 1.165) is 15.4 Å². The molecule has 2 rings (SSSR count). The fourth-order valence-electron chi connectivity index (χ4n) is 2.01. The van der Waals surface area contributed by atoms with E-state index in [1.165, 1.54) is 11.3 Å². The van der Waals surface area contributed by atoms with Crippen molar-refractivity contribution in [2.75, 3.05) is 13.7 Å². The maximum atomic E-state index is 12.3. The number of carboxylic acid groups (broad SMARTS) is 1. The van der Waals surface area contributed by atoms with Crippen LogP contribution in [0.4, 0.5) is 0 Å². The lowest BCUT2D eigenvalue weighted by molar-refractivity contribution is -0.137. The number of rotatable bonds is 8. The van der Waals surface area contributed by atoms with Crippen molar-refractivity contribution in [3.05, 3.63) is 41.0 Å². The highest BCUT2D eigenvalue weighted by molar-refractivity contribution is 7.15. The quantitative estimate of drug-likeness (QED) is 0.724. The first-order valence-electron chi connectivity index (χ1n) is 7.16. The van der Waals surface area contributed by atoms with Gasteiger partial charge in [-0.25, -0.2) is 4.98 Å². The molecular formula is C16H18N2O4S. The number of hydrogen-bond acceptors (Lipinski definition) is 5. The summed E-state index contributed by atoms with van der Waals surface area (Å²) in [5, 5.41) is 12.1. The number of nitrogens with zero attached hydrogens (tertiary/aromatic N) is 1. The Hall–Kier alpha value is -2.25. The van der Waals surface area contributed by atoms with Gasteiger partial charge in [0, 0.05) is 20.1 Å². The van der Waals surface area contributed by atoms with Crippen LogP contribution < -0.4 is 5.32 Å². The summed E-state index contributed by atoms with van der Waals surface area (Å²) in [5.41, 5.74) is 1.27. The Morgan fingerprint density at radius 2 is 2.04 bits per heavy atom. The second-order valence-corrected chi connectivity index (χ2v) is 5.92. The van der Waals surface area contributed by atoms with Gasteiger partial charge in [-0.3, -0.25) is 9.59 Å². The van der Waals surface area contributed by atoms with Crippen LogP contribution in [0.1, 0.15) is 28.3 Å². The molecule has 0 atom stereocenters. The number of aliphatic carboxylic acids is 1. The molecular weight excluding hydrogens is 316 g/mol. The van der Waals surface area contributed by atoms with Crippen LogP contribution in [0.5, 0.6) is 0 Å². The van der Waals surface area contributed by atoms with Crippen molar-refractivity contribution in [2.24, 2.45) is 0 Å². The molecule has 1 aromatic heterocycles. The zero-order valence-electron chi connectivity index (χ0n) is 12.7. The van der Waals surface area contributed by atoms with Crippen molar-refractivity contribution in [1.29, 1.82) is 0 Å². The number of amides is 1. The average Bonchev–Trinajstić information content (AvgIpc) is 2.96. The van der Waals surface area contributed by atoms with Crippen molar-refractivity contribution >= 4 is 23.2 Å². The zero-order valence-corrected chi connectivity index (χ0v) is 13.6. The van der Waals surface area contributed by atoms with Gasteiger partial charge in [0.05, 0.1) is 11.5 Å². The van der Waals surface area contributed by atoms with Crippen LogP contribution in [0.25, 0.3) is 10.4 Å². The van der Waals surface area contributed by atoms with E-state index < -0.39 is 5.97 Å². The zero-order chi connectivity index (χ0) is 16.7. The van der Waals surface area contributed by atoms with Gasteiger partial charge in [0.2, 0.25) is 0 Å². The number of carbonyl (C=O) groups excluding carboxylic acids is 1. The van der Waals surface area contributed by atoms with E-state index in [2.05, 4.69) is 10.3 Å². The number of aromatic nitrogens is 1. The van der Waals surface area contributed by atoms with Crippen molar-refractivity contribution in [1.82, 2.24) is 10.3 Å². The minimum Gasteiger partial charge on any atom is -0.481 e. The molecule has 0 saturated carbocycles. The van der Waals surface area contributed by atoms with Gasteiger partial charge in [0.25, 0.3) is 5.91 Å². The Morgan fingerprint density at radius 3 is 2.70 bits per heavy atom. The maximum absolute atomic E-state index is 12.3. The smallest absolute Gasteiger partial charge is 0.303 e. The fraction of sp³-hybridized carbons (Fsp3) is 0.312.